The molecule has 0 radical (unpaired) electrons. The maximum absolute atomic E-state index is 5.37. The predicted molar refractivity (Wildman–Crippen MR) is 120 cm³/mol. The van der Waals surface area contributed by atoms with Crippen molar-refractivity contribution in [2.45, 2.75) is 32.7 Å². The lowest BCUT2D eigenvalue weighted by Crippen LogP contribution is -2.38. The van der Waals surface area contributed by atoms with Gasteiger partial charge in [0.15, 0.2) is 22.6 Å². The Balaban J connectivity index is 1.53. The van der Waals surface area contributed by atoms with Gasteiger partial charge >= 0.3 is 0 Å². The summed E-state index contributed by atoms with van der Waals surface area (Å²) in [4.78, 5) is 11.9. The van der Waals surface area contributed by atoms with Gasteiger partial charge in [-0.1, -0.05) is 6.07 Å². The highest BCUT2D eigenvalue weighted by molar-refractivity contribution is 7.13. The van der Waals surface area contributed by atoms with E-state index in [4.69, 9.17) is 14.5 Å². The van der Waals surface area contributed by atoms with Crippen molar-refractivity contribution >= 4 is 22.4 Å². The number of ether oxygens (including phenoxy) is 2. The Hall–Kier alpha value is -2.48. The number of benzene rings is 1. The molecule has 0 unspecified atom stereocenters. The number of methoxy groups -OCH3 is 2. The Morgan fingerprint density at radius 3 is 2.69 bits per heavy atom. The maximum Gasteiger partial charge on any atom is 0.191 e. The molecular formula is C21H31N5O2S. The quantitative estimate of drug-likeness (QED) is 0.483. The molecule has 8 heteroatoms. The zero-order valence-corrected chi connectivity index (χ0v) is 18.3. The van der Waals surface area contributed by atoms with Crippen molar-refractivity contribution in [2.75, 3.05) is 45.3 Å². The van der Waals surface area contributed by atoms with Crippen molar-refractivity contribution in [3.63, 3.8) is 0 Å². The molecule has 7 nitrogen and oxygen atoms in total. The third kappa shape index (κ3) is 6.00. The van der Waals surface area contributed by atoms with Crippen LogP contribution in [0.2, 0.25) is 0 Å². The fourth-order valence-corrected chi connectivity index (χ4v) is 4.18. The number of hydrogen-bond donors (Lipinski definition) is 2. The molecular weight excluding hydrogens is 386 g/mol. The minimum absolute atomic E-state index is 0.561. The number of aliphatic imine (C=N–C) groups is 1. The first kappa shape index (κ1) is 21.2. The standard InChI is InChI=1S/C21H31N5O2S/c1-4-22-20(24-14-16-7-8-18(27-2)19(13-16)28-3)23-10-9-17-15-29-21(25-17)26-11-5-6-12-26/h7-8,13,15H,4-6,9-12,14H2,1-3H3,(H2,22,23,24). The molecule has 1 fully saturated rings. The summed E-state index contributed by atoms with van der Waals surface area (Å²) in [6.45, 7) is 6.51. The first-order valence-corrected chi connectivity index (χ1v) is 11.0. The van der Waals surface area contributed by atoms with E-state index in [9.17, 15) is 0 Å². The third-order valence-corrected chi connectivity index (χ3v) is 5.75. The smallest absolute Gasteiger partial charge is 0.191 e. The molecule has 0 spiro atoms. The molecule has 1 aliphatic rings. The van der Waals surface area contributed by atoms with E-state index >= 15 is 0 Å². The van der Waals surface area contributed by atoms with Crippen molar-refractivity contribution in [3.05, 3.63) is 34.8 Å². The van der Waals surface area contributed by atoms with E-state index in [0.717, 1.165) is 66.4 Å². The summed E-state index contributed by atoms with van der Waals surface area (Å²) >= 11 is 1.75. The molecule has 2 aromatic rings. The van der Waals surface area contributed by atoms with Crippen LogP contribution in [0.15, 0.2) is 28.6 Å². The lowest BCUT2D eigenvalue weighted by atomic mass is 10.2. The molecule has 0 bridgehead atoms. The van der Waals surface area contributed by atoms with E-state index in [1.54, 1.807) is 25.6 Å². The molecule has 1 saturated heterocycles. The van der Waals surface area contributed by atoms with Crippen molar-refractivity contribution in [1.29, 1.82) is 0 Å². The summed E-state index contributed by atoms with van der Waals surface area (Å²) in [5.74, 6) is 2.25. The summed E-state index contributed by atoms with van der Waals surface area (Å²) in [5, 5.41) is 10.0. The van der Waals surface area contributed by atoms with Crippen LogP contribution in [0.4, 0.5) is 5.13 Å². The fraction of sp³-hybridized carbons (Fsp3) is 0.524. The first-order chi connectivity index (χ1) is 14.2. The van der Waals surface area contributed by atoms with Gasteiger partial charge in [-0.25, -0.2) is 9.98 Å². The van der Waals surface area contributed by atoms with Gasteiger partial charge in [0.1, 0.15) is 0 Å². The fourth-order valence-electron chi connectivity index (χ4n) is 3.26. The van der Waals surface area contributed by atoms with Gasteiger partial charge in [0.2, 0.25) is 0 Å². The Morgan fingerprint density at radius 1 is 1.17 bits per heavy atom. The van der Waals surface area contributed by atoms with Crippen molar-refractivity contribution in [1.82, 2.24) is 15.6 Å². The number of guanidine groups is 1. The van der Waals surface area contributed by atoms with Crippen LogP contribution in [-0.4, -0.2) is 51.3 Å². The molecule has 1 aromatic heterocycles. The third-order valence-electron chi connectivity index (χ3n) is 4.80. The van der Waals surface area contributed by atoms with Crippen LogP contribution in [0.5, 0.6) is 11.5 Å². The van der Waals surface area contributed by atoms with Crippen molar-refractivity contribution in [2.24, 2.45) is 4.99 Å². The molecule has 0 aliphatic carbocycles. The van der Waals surface area contributed by atoms with Gasteiger partial charge in [0.25, 0.3) is 0 Å². The summed E-state index contributed by atoms with van der Waals surface area (Å²) < 4.78 is 10.7. The van der Waals surface area contributed by atoms with Crippen LogP contribution >= 0.6 is 11.3 Å². The van der Waals surface area contributed by atoms with Gasteiger partial charge in [-0.3, -0.25) is 0 Å². The Kier molecular flexibility index (Phi) is 7.98. The summed E-state index contributed by atoms with van der Waals surface area (Å²) in [5.41, 5.74) is 2.20. The second-order valence-electron chi connectivity index (χ2n) is 6.88. The molecule has 3 rings (SSSR count). The van der Waals surface area contributed by atoms with E-state index in [0.29, 0.717) is 6.54 Å². The normalized spacial score (nSPS) is 14.2. The van der Waals surface area contributed by atoms with Gasteiger partial charge in [-0.2, -0.15) is 0 Å². The zero-order chi connectivity index (χ0) is 20.5. The predicted octanol–water partition coefficient (Wildman–Crippen LogP) is 3.06. The molecule has 29 heavy (non-hydrogen) atoms. The maximum atomic E-state index is 5.37. The average molecular weight is 418 g/mol. The van der Waals surface area contributed by atoms with Crippen LogP contribution in [0, 0.1) is 0 Å². The second kappa shape index (κ2) is 10.9. The summed E-state index contributed by atoms with van der Waals surface area (Å²) in [7, 11) is 3.28. The lowest BCUT2D eigenvalue weighted by Gasteiger charge is -2.13. The molecule has 0 saturated carbocycles. The molecule has 0 atom stereocenters. The molecule has 158 valence electrons. The SMILES string of the molecule is CCNC(=NCc1ccc(OC)c(OC)c1)NCCc1csc(N2CCCC2)n1. The van der Waals surface area contributed by atoms with Crippen LogP contribution < -0.4 is 25.0 Å². The van der Waals surface area contributed by atoms with E-state index in [2.05, 4.69) is 32.8 Å². The monoisotopic (exact) mass is 417 g/mol. The van der Waals surface area contributed by atoms with E-state index < -0.39 is 0 Å². The molecule has 1 aliphatic heterocycles. The van der Waals surface area contributed by atoms with Gasteiger partial charge in [-0.05, 0) is 37.5 Å². The number of rotatable bonds is 9. The van der Waals surface area contributed by atoms with Crippen molar-refractivity contribution < 1.29 is 9.47 Å². The number of nitrogens with zero attached hydrogens (tertiary/aromatic N) is 3. The number of aromatic nitrogens is 1. The number of nitrogens with one attached hydrogen (secondary N) is 2. The number of hydrogen-bond acceptors (Lipinski definition) is 6. The number of anilines is 1. The topological polar surface area (TPSA) is 71.0 Å². The van der Waals surface area contributed by atoms with Gasteiger partial charge in [0.05, 0.1) is 26.5 Å². The van der Waals surface area contributed by atoms with E-state index in [1.807, 2.05) is 18.2 Å². The zero-order valence-electron chi connectivity index (χ0n) is 17.5. The molecule has 1 aromatic carbocycles. The van der Waals surface area contributed by atoms with Gasteiger partial charge in [-0.15, -0.1) is 11.3 Å². The second-order valence-corrected chi connectivity index (χ2v) is 7.71. The minimum Gasteiger partial charge on any atom is -0.493 e. The molecule has 2 N–H and O–H groups in total. The van der Waals surface area contributed by atoms with E-state index in [-0.39, 0.29) is 0 Å². The molecule has 2 heterocycles. The van der Waals surface area contributed by atoms with Crippen LogP contribution in [0.25, 0.3) is 0 Å². The Morgan fingerprint density at radius 2 is 1.97 bits per heavy atom. The van der Waals surface area contributed by atoms with Crippen LogP contribution in [0.3, 0.4) is 0 Å². The minimum atomic E-state index is 0.561. The lowest BCUT2D eigenvalue weighted by molar-refractivity contribution is 0.354. The van der Waals surface area contributed by atoms with Gasteiger partial charge < -0.3 is 25.0 Å². The number of thiazole rings is 1. The highest BCUT2D eigenvalue weighted by atomic mass is 32.1. The Bertz CT molecular complexity index is 802. The van der Waals surface area contributed by atoms with Crippen LogP contribution in [0.1, 0.15) is 31.0 Å². The summed E-state index contributed by atoms with van der Waals surface area (Å²) in [6, 6.07) is 5.87. The highest BCUT2D eigenvalue weighted by Crippen LogP contribution is 2.27. The molecule has 0 amide bonds. The highest BCUT2D eigenvalue weighted by Gasteiger charge is 2.15. The summed E-state index contributed by atoms with van der Waals surface area (Å²) in [6.07, 6.45) is 3.43. The van der Waals surface area contributed by atoms with Crippen LogP contribution in [-0.2, 0) is 13.0 Å². The Labute approximate surface area is 177 Å². The first-order valence-electron chi connectivity index (χ1n) is 10.2. The largest absolute Gasteiger partial charge is 0.493 e. The van der Waals surface area contributed by atoms with Gasteiger partial charge in [0, 0.05) is 38.0 Å². The van der Waals surface area contributed by atoms with E-state index in [1.165, 1.54) is 12.8 Å². The van der Waals surface area contributed by atoms with Crippen molar-refractivity contribution in [3.8, 4) is 11.5 Å². The average Bonchev–Trinajstić information content (AvgIpc) is 3.43.